The van der Waals surface area contributed by atoms with E-state index in [2.05, 4.69) is 15.9 Å². The Hall–Kier alpha value is -0.460. The molecule has 18 heavy (non-hydrogen) atoms. The van der Waals surface area contributed by atoms with Crippen molar-refractivity contribution >= 4 is 26.0 Å². The van der Waals surface area contributed by atoms with Crippen molar-refractivity contribution in [2.75, 3.05) is 13.1 Å². The molecule has 100 valence electrons. The second kappa shape index (κ2) is 5.27. The van der Waals surface area contributed by atoms with Crippen LogP contribution >= 0.6 is 15.9 Å². The van der Waals surface area contributed by atoms with Gasteiger partial charge in [-0.15, -0.1) is 0 Å². The second-order valence-electron chi connectivity index (χ2n) is 4.49. The van der Waals surface area contributed by atoms with Gasteiger partial charge in [0.15, 0.2) is 0 Å². The molecular formula is C12H15BrFNO2S. The maximum absolute atomic E-state index is 13.0. The fraction of sp³-hybridized carbons (Fsp3) is 0.500. The first-order valence-corrected chi connectivity index (χ1v) is 8.17. The first kappa shape index (κ1) is 14.0. The third kappa shape index (κ3) is 2.75. The topological polar surface area (TPSA) is 37.4 Å². The minimum Gasteiger partial charge on any atom is -0.207 e. The minimum atomic E-state index is -3.49. The summed E-state index contributed by atoms with van der Waals surface area (Å²) in [5.74, 6) is -0.411. The summed E-state index contributed by atoms with van der Waals surface area (Å²) in [5.41, 5.74) is 0.455. The summed E-state index contributed by atoms with van der Waals surface area (Å²) in [5, 5.41) is 0. The van der Waals surface area contributed by atoms with Gasteiger partial charge in [-0.3, -0.25) is 0 Å². The second-order valence-corrected chi connectivity index (χ2v) is 7.69. The molecule has 1 aliphatic heterocycles. The fourth-order valence-electron chi connectivity index (χ4n) is 2.11. The highest BCUT2D eigenvalue weighted by atomic mass is 79.9. The van der Waals surface area contributed by atoms with Crippen molar-refractivity contribution in [1.82, 2.24) is 4.31 Å². The lowest BCUT2D eigenvalue weighted by Crippen LogP contribution is -2.38. The third-order valence-corrected chi connectivity index (χ3v) is 6.11. The summed E-state index contributed by atoms with van der Waals surface area (Å²) in [6, 6.07) is 3.79. The van der Waals surface area contributed by atoms with Crippen LogP contribution in [0.1, 0.15) is 18.4 Å². The highest BCUT2D eigenvalue weighted by molar-refractivity contribution is 9.09. The van der Waals surface area contributed by atoms with Crippen molar-refractivity contribution < 1.29 is 12.8 Å². The summed E-state index contributed by atoms with van der Waals surface area (Å²) in [4.78, 5) is 0.593. The molecule has 6 heteroatoms. The van der Waals surface area contributed by atoms with Crippen molar-refractivity contribution in [3.63, 3.8) is 0 Å². The van der Waals surface area contributed by atoms with E-state index in [0.29, 0.717) is 23.5 Å². The van der Waals surface area contributed by atoms with E-state index >= 15 is 0 Å². The molecule has 0 radical (unpaired) electrons. The van der Waals surface area contributed by atoms with Gasteiger partial charge in [0.25, 0.3) is 0 Å². The Balaban J connectivity index is 2.30. The molecule has 1 heterocycles. The monoisotopic (exact) mass is 335 g/mol. The molecule has 0 bridgehead atoms. The predicted octanol–water partition coefficient (Wildman–Crippen LogP) is 2.68. The Morgan fingerprint density at radius 1 is 1.33 bits per heavy atom. The maximum atomic E-state index is 13.0. The van der Waals surface area contributed by atoms with Crippen LogP contribution in [0.15, 0.2) is 23.1 Å². The van der Waals surface area contributed by atoms with Gasteiger partial charge in [0.2, 0.25) is 10.0 Å². The number of benzene rings is 1. The number of aryl methyl sites for hydroxylation is 1. The number of alkyl halides is 1. The van der Waals surface area contributed by atoms with Crippen molar-refractivity contribution in [1.29, 1.82) is 0 Å². The van der Waals surface area contributed by atoms with E-state index < -0.39 is 15.8 Å². The Morgan fingerprint density at radius 2 is 1.94 bits per heavy atom. The highest BCUT2D eigenvalue weighted by Gasteiger charge is 2.29. The van der Waals surface area contributed by atoms with Gasteiger partial charge in [0, 0.05) is 17.9 Å². The Bertz CT molecular complexity index is 539. The SMILES string of the molecule is Cc1cc(F)ccc1S(=O)(=O)N1CCC(Br)CC1. The number of rotatable bonds is 2. The lowest BCUT2D eigenvalue weighted by molar-refractivity contribution is 0.354. The molecule has 1 aliphatic rings. The molecule has 1 saturated heterocycles. The van der Waals surface area contributed by atoms with Gasteiger partial charge >= 0.3 is 0 Å². The van der Waals surface area contributed by atoms with E-state index in [1.807, 2.05) is 0 Å². The summed E-state index contributed by atoms with van der Waals surface area (Å²) in [6.07, 6.45) is 1.61. The van der Waals surface area contributed by atoms with Crippen molar-refractivity contribution in [2.45, 2.75) is 29.5 Å². The number of hydrogen-bond acceptors (Lipinski definition) is 2. The van der Waals surface area contributed by atoms with E-state index in [1.165, 1.54) is 22.5 Å². The molecule has 0 unspecified atom stereocenters. The van der Waals surface area contributed by atoms with Crippen molar-refractivity contribution in [3.05, 3.63) is 29.6 Å². The highest BCUT2D eigenvalue weighted by Crippen LogP contribution is 2.25. The lowest BCUT2D eigenvalue weighted by Gasteiger charge is -2.29. The zero-order chi connectivity index (χ0) is 13.3. The molecule has 1 fully saturated rings. The predicted molar refractivity (Wildman–Crippen MR) is 71.8 cm³/mol. The first-order valence-electron chi connectivity index (χ1n) is 5.81. The van der Waals surface area contributed by atoms with E-state index in [1.54, 1.807) is 6.92 Å². The van der Waals surface area contributed by atoms with Gasteiger partial charge in [0.05, 0.1) is 4.90 Å². The smallest absolute Gasteiger partial charge is 0.207 e. The Labute approximate surface area is 115 Å². The standard InChI is InChI=1S/C12H15BrFNO2S/c1-9-8-11(14)2-3-12(9)18(16,17)15-6-4-10(13)5-7-15/h2-3,8,10H,4-7H2,1H3. The summed E-state index contributed by atoms with van der Waals surface area (Å²) >= 11 is 3.49. The van der Waals surface area contributed by atoms with Gasteiger partial charge < -0.3 is 0 Å². The molecule has 0 spiro atoms. The van der Waals surface area contributed by atoms with Crippen LogP contribution in [0, 0.1) is 12.7 Å². The molecule has 0 N–H and O–H groups in total. The molecule has 2 rings (SSSR count). The van der Waals surface area contributed by atoms with Crippen LogP contribution < -0.4 is 0 Å². The zero-order valence-electron chi connectivity index (χ0n) is 10.1. The number of sulfonamides is 1. The summed E-state index contributed by atoms with van der Waals surface area (Å²) in [6.45, 7) is 2.64. The van der Waals surface area contributed by atoms with E-state index in [-0.39, 0.29) is 4.90 Å². The number of halogens is 2. The molecule has 0 aliphatic carbocycles. The van der Waals surface area contributed by atoms with E-state index in [0.717, 1.165) is 12.8 Å². The van der Waals surface area contributed by atoms with Crippen LogP contribution in [0.5, 0.6) is 0 Å². The van der Waals surface area contributed by atoms with Gasteiger partial charge in [-0.1, -0.05) is 15.9 Å². The van der Waals surface area contributed by atoms with Gasteiger partial charge in [-0.2, -0.15) is 4.31 Å². The normalized spacial score (nSPS) is 19.1. The van der Waals surface area contributed by atoms with Crippen molar-refractivity contribution in [3.8, 4) is 0 Å². The van der Waals surface area contributed by atoms with Gasteiger partial charge in [-0.25, -0.2) is 12.8 Å². The average molecular weight is 336 g/mol. The zero-order valence-corrected chi connectivity index (χ0v) is 12.5. The number of hydrogen-bond donors (Lipinski definition) is 0. The lowest BCUT2D eigenvalue weighted by atomic mass is 10.2. The maximum Gasteiger partial charge on any atom is 0.243 e. The fourth-order valence-corrected chi connectivity index (χ4v) is 4.19. The minimum absolute atomic E-state index is 0.205. The van der Waals surface area contributed by atoms with Gasteiger partial charge in [0.1, 0.15) is 5.82 Å². The molecule has 3 nitrogen and oxygen atoms in total. The number of piperidine rings is 1. The Morgan fingerprint density at radius 3 is 2.50 bits per heavy atom. The largest absolute Gasteiger partial charge is 0.243 e. The molecule has 0 saturated carbocycles. The van der Waals surface area contributed by atoms with Crippen LogP contribution in [-0.4, -0.2) is 30.6 Å². The summed E-state index contributed by atoms with van der Waals surface area (Å²) in [7, 11) is -3.49. The van der Waals surface area contributed by atoms with Crippen LogP contribution in [-0.2, 0) is 10.0 Å². The number of nitrogens with zero attached hydrogens (tertiary/aromatic N) is 1. The van der Waals surface area contributed by atoms with E-state index in [9.17, 15) is 12.8 Å². The molecule has 0 aromatic heterocycles. The first-order chi connectivity index (χ1) is 8.41. The molecular weight excluding hydrogens is 321 g/mol. The molecule has 0 atom stereocenters. The quantitative estimate of drug-likeness (QED) is 0.779. The molecule has 1 aromatic carbocycles. The van der Waals surface area contributed by atoms with Crippen LogP contribution in [0.25, 0.3) is 0 Å². The van der Waals surface area contributed by atoms with Crippen LogP contribution in [0.3, 0.4) is 0 Å². The Kier molecular flexibility index (Phi) is 4.08. The average Bonchev–Trinajstić information content (AvgIpc) is 2.29. The van der Waals surface area contributed by atoms with E-state index in [4.69, 9.17) is 0 Å². The molecule has 0 amide bonds. The van der Waals surface area contributed by atoms with Gasteiger partial charge in [-0.05, 0) is 43.5 Å². The summed E-state index contributed by atoms with van der Waals surface area (Å²) < 4.78 is 39.3. The van der Waals surface area contributed by atoms with Crippen LogP contribution in [0.4, 0.5) is 4.39 Å². The van der Waals surface area contributed by atoms with Crippen LogP contribution in [0.2, 0.25) is 0 Å². The molecule has 1 aromatic rings. The van der Waals surface area contributed by atoms with Crippen molar-refractivity contribution in [2.24, 2.45) is 0 Å². The third-order valence-electron chi connectivity index (χ3n) is 3.14.